The molecule has 1 aromatic carbocycles. The van der Waals surface area contributed by atoms with Crippen LogP contribution in [0.3, 0.4) is 0 Å². The highest BCUT2D eigenvalue weighted by atomic mass is 32.2. The van der Waals surface area contributed by atoms with Crippen LogP contribution in [0.15, 0.2) is 41.7 Å². The molecule has 0 saturated heterocycles. The monoisotopic (exact) mass is 375 g/mol. The largest absolute Gasteiger partial charge is 0.417 e. The van der Waals surface area contributed by atoms with Crippen molar-refractivity contribution in [2.45, 2.75) is 17.4 Å². The summed E-state index contributed by atoms with van der Waals surface area (Å²) in [5, 5.41) is 17.6. The minimum absolute atomic E-state index is 0.0944. The molecule has 0 amide bonds. The van der Waals surface area contributed by atoms with Crippen LogP contribution in [0.4, 0.5) is 22.0 Å². The molecule has 132 valence electrons. The van der Waals surface area contributed by atoms with Crippen molar-refractivity contribution in [1.82, 2.24) is 14.6 Å². The number of rotatable bonds is 4. The lowest BCUT2D eigenvalue weighted by Crippen LogP contribution is -2.07. The number of thioether (sulfide) groups is 1. The highest BCUT2D eigenvalue weighted by molar-refractivity contribution is 7.99. The van der Waals surface area contributed by atoms with Gasteiger partial charge >= 0.3 is 6.18 Å². The number of aliphatic hydroxyl groups is 1. The van der Waals surface area contributed by atoms with Gasteiger partial charge in [0.15, 0.2) is 10.8 Å². The number of nitrogens with zero attached hydrogens (tertiary/aromatic N) is 3. The van der Waals surface area contributed by atoms with Crippen LogP contribution >= 0.6 is 11.8 Å². The molecule has 3 aromatic rings. The third-order valence-corrected chi connectivity index (χ3v) is 4.40. The fourth-order valence-electron chi connectivity index (χ4n) is 2.15. The minimum Gasteiger partial charge on any atom is -0.387 e. The third kappa shape index (κ3) is 3.74. The van der Waals surface area contributed by atoms with Crippen molar-refractivity contribution in [1.29, 1.82) is 0 Å². The topological polar surface area (TPSA) is 50.4 Å². The molecule has 4 nitrogen and oxygen atoms in total. The van der Waals surface area contributed by atoms with E-state index in [4.69, 9.17) is 0 Å². The van der Waals surface area contributed by atoms with Gasteiger partial charge in [0.2, 0.25) is 0 Å². The zero-order chi connectivity index (χ0) is 18.2. The second-order valence-corrected chi connectivity index (χ2v) is 6.11. The van der Waals surface area contributed by atoms with Crippen LogP contribution in [0.2, 0.25) is 0 Å². The smallest absolute Gasteiger partial charge is 0.387 e. The summed E-state index contributed by atoms with van der Waals surface area (Å²) >= 11 is 0.876. The molecule has 0 aliphatic heterocycles. The lowest BCUT2D eigenvalue weighted by Gasteiger charge is -2.11. The second-order valence-electron chi connectivity index (χ2n) is 5.12. The van der Waals surface area contributed by atoms with E-state index in [9.17, 15) is 27.1 Å². The van der Waals surface area contributed by atoms with Crippen molar-refractivity contribution >= 4 is 17.4 Å². The van der Waals surface area contributed by atoms with Gasteiger partial charge in [-0.25, -0.2) is 8.78 Å². The zero-order valence-corrected chi connectivity index (χ0v) is 13.2. The number of halogens is 5. The first kappa shape index (κ1) is 17.6. The lowest BCUT2D eigenvalue weighted by atomic mass is 10.1. The Balaban J connectivity index is 1.82. The van der Waals surface area contributed by atoms with Gasteiger partial charge in [0.05, 0.1) is 11.7 Å². The molecular weight excluding hydrogens is 365 g/mol. The Morgan fingerprint density at radius 2 is 1.88 bits per heavy atom. The Morgan fingerprint density at radius 1 is 1.12 bits per heavy atom. The van der Waals surface area contributed by atoms with E-state index in [-0.39, 0.29) is 22.1 Å². The van der Waals surface area contributed by atoms with Crippen LogP contribution in [-0.4, -0.2) is 25.5 Å². The second kappa shape index (κ2) is 6.60. The van der Waals surface area contributed by atoms with E-state index in [2.05, 4.69) is 10.2 Å². The number of fused-ring (bicyclic) bond motifs is 1. The fraction of sp³-hybridized carbons (Fsp3) is 0.200. The van der Waals surface area contributed by atoms with Crippen LogP contribution in [-0.2, 0) is 6.18 Å². The Bertz CT molecular complexity index is 912. The molecule has 2 heterocycles. The van der Waals surface area contributed by atoms with E-state index < -0.39 is 29.5 Å². The summed E-state index contributed by atoms with van der Waals surface area (Å²) in [6, 6.07) is 4.73. The molecule has 3 rings (SSSR count). The van der Waals surface area contributed by atoms with Gasteiger partial charge in [0.25, 0.3) is 0 Å². The number of aromatic nitrogens is 3. The summed E-state index contributed by atoms with van der Waals surface area (Å²) in [6.45, 7) is 0. The van der Waals surface area contributed by atoms with Crippen LogP contribution in [0, 0.1) is 11.6 Å². The van der Waals surface area contributed by atoms with E-state index in [1.807, 2.05) is 0 Å². The van der Waals surface area contributed by atoms with Gasteiger partial charge in [-0.3, -0.25) is 4.40 Å². The van der Waals surface area contributed by atoms with E-state index in [1.165, 1.54) is 6.07 Å². The van der Waals surface area contributed by atoms with Gasteiger partial charge < -0.3 is 5.11 Å². The predicted molar refractivity (Wildman–Crippen MR) is 80.0 cm³/mol. The summed E-state index contributed by atoms with van der Waals surface area (Å²) in [7, 11) is 0. The molecule has 1 atom stereocenters. The lowest BCUT2D eigenvalue weighted by molar-refractivity contribution is -0.137. The van der Waals surface area contributed by atoms with Crippen molar-refractivity contribution in [3.05, 3.63) is 59.3 Å². The minimum atomic E-state index is -4.52. The first-order chi connectivity index (χ1) is 11.8. The van der Waals surface area contributed by atoms with Crippen LogP contribution in [0.1, 0.15) is 17.2 Å². The Hall–Kier alpha value is -2.20. The van der Waals surface area contributed by atoms with E-state index in [0.29, 0.717) is 0 Å². The van der Waals surface area contributed by atoms with Gasteiger partial charge in [0, 0.05) is 17.5 Å². The van der Waals surface area contributed by atoms with Crippen LogP contribution < -0.4 is 0 Å². The summed E-state index contributed by atoms with van der Waals surface area (Å²) in [5.41, 5.74) is -0.919. The van der Waals surface area contributed by atoms with Crippen molar-refractivity contribution in [3.8, 4) is 0 Å². The Labute approximate surface area is 142 Å². The molecule has 10 heteroatoms. The maximum atomic E-state index is 13.6. The van der Waals surface area contributed by atoms with E-state index >= 15 is 0 Å². The maximum Gasteiger partial charge on any atom is 0.417 e. The van der Waals surface area contributed by atoms with Crippen LogP contribution in [0.25, 0.3) is 5.65 Å². The summed E-state index contributed by atoms with van der Waals surface area (Å²) in [4.78, 5) is 0. The number of hydrogen-bond donors (Lipinski definition) is 1. The van der Waals surface area contributed by atoms with E-state index in [1.54, 1.807) is 0 Å². The highest BCUT2D eigenvalue weighted by Crippen LogP contribution is 2.31. The van der Waals surface area contributed by atoms with Crippen molar-refractivity contribution in [3.63, 3.8) is 0 Å². The number of hydrogen-bond acceptors (Lipinski definition) is 4. The normalized spacial score (nSPS) is 13.4. The predicted octanol–water partition coefficient (Wildman–Crippen LogP) is 3.85. The van der Waals surface area contributed by atoms with Crippen molar-refractivity contribution in [2.24, 2.45) is 0 Å². The summed E-state index contributed by atoms with van der Waals surface area (Å²) in [5.74, 6) is -1.62. The van der Waals surface area contributed by atoms with Gasteiger partial charge in [-0.05, 0) is 30.3 Å². The molecule has 0 radical (unpaired) electrons. The molecule has 0 bridgehead atoms. The average Bonchev–Trinajstić information content (AvgIpc) is 2.96. The molecule has 0 saturated carbocycles. The van der Waals surface area contributed by atoms with Gasteiger partial charge in [-0.15, -0.1) is 10.2 Å². The van der Waals surface area contributed by atoms with Crippen LogP contribution in [0.5, 0.6) is 0 Å². The molecule has 0 aliphatic rings. The number of alkyl halides is 3. The summed E-state index contributed by atoms with van der Waals surface area (Å²) in [6.07, 6.45) is -5.05. The van der Waals surface area contributed by atoms with Gasteiger partial charge in [-0.1, -0.05) is 11.8 Å². The molecule has 25 heavy (non-hydrogen) atoms. The molecule has 0 spiro atoms. The Kier molecular flexibility index (Phi) is 4.65. The summed E-state index contributed by atoms with van der Waals surface area (Å²) < 4.78 is 66.3. The van der Waals surface area contributed by atoms with Gasteiger partial charge in [0.1, 0.15) is 11.6 Å². The molecule has 0 unspecified atom stereocenters. The molecule has 0 fully saturated rings. The maximum absolute atomic E-state index is 13.6. The molecule has 0 aliphatic carbocycles. The van der Waals surface area contributed by atoms with Crippen molar-refractivity contribution in [2.75, 3.05) is 5.75 Å². The first-order valence-corrected chi connectivity index (χ1v) is 7.92. The highest BCUT2D eigenvalue weighted by Gasteiger charge is 2.31. The van der Waals surface area contributed by atoms with Crippen molar-refractivity contribution < 1.29 is 27.1 Å². The zero-order valence-electron chi connectivity index (χ0n) is 12.3. The number of pyridine rings is 1. The SMILES string of the molecule is O[C@H](CSc1nnc2ccc(C(F)(F)F)cn12)c1cc(F)ccc1F. The van der Waals surface area contributed by atoms with E-state index in [0.717, 1.165) is 46.6 Å². The average molecular weight is 375 g/mol. The number of benzene rings is 1. The fourth-order valence-corrected chi connectivity index (χ4v) is 3.02. The first-order valence-electron chi connectivity index (χ1n) is 6.93. The number of aliphatic hydroxyl groups excluding tert-OH is 1. The van der Waals surface area contributed by atoms with Gasteiger partial charge in [-0.2, -0.15) is 13.2 Å². The molecule has 1 N–H and O–H groups in total. The molecular formula is C15H10F5N3OS. The quantitative estimate of drug-likeness (QED) is 0.556. The molecule has 2 aromatic heterocycles. The standard InChI is InChI=1S/C15H10F5N3OS/c16-9-2-3-11(17)10(5-9)12(24)7-25-14-22-21-13-4-1-8(6-23(13)14)15(18,19)20/h1-6,12,24H,7H2/t12-/m1/s1. The third-order valence-electron chi connectivity index (χ3n) is 3.39. The Morgan fingerprint density at radius 3 is 2.60 bits per heavy atom.